The van der Waals surface area contributed by atoms with Gasteiger partial charge in [0.2, 0.25) is 0 Å². The lowest BCUT2D eigenvalue weighted by atomic mass is 9.84. The van der Waals surface area contributed by atoms with Gasteiger partial charge in [-0.2, -0.15) is 0 Å². The van der Waals surface area contributed by atoms with Crippen LogP contribution in [0.3, 0.4) is 0 Å². The zero-order valence-corrected chi connectivity index (χ0v) is 10.7. The fraction of sp³-hybridized carbons (Fsp3) is 0.462. The molecule has 5 heteroatoms. The van der Waals surface area contributed by atoms with Gasteiger partial charge in [-0.05, 0) is 24.5 Å². The number of hydrogen-bond donors (Lipinski definition) is 1. The number of Topliss-reactive ketones (excluding diaryl/α,β-unsaturated/α-hetero) is 1. The Balaban J connectivity index is 2.13. The third kappa shape index (κ3) is 2.71. The number of carbonyl (C=O) groups excluding carboxylic acids is 1. The summed E-state index contributed by atoms with van der Waals surface area (Å²) < 4.78 is 18.5. The van der Waals surface area contributed by atoms with E-state index >= 15 is 0 Å². The molecular weight excluding hydrogens is 257 g/mol. The molecule has 0 amide bonds. The van der Waals surface area contributed by atoms with Gasteiger partial charge in [0.1, 0.15) is 5.82 Å². The van der Waals surface area contributed by atoms with E-state index in [-0.39, 0.29) is 17.2 Å². The summed E-state index contributed by atoms with van der Waals surface area (Å²) in [4.78, 5) is 12.2. The van der Waals surface area contributed by atoms with Crippen LogP contribution >= 0.6 is 11.6 Å². The Morgan fingerprint density at radius 1 is 1.44 bits per heavy atom. The first-order valence-electron chi connectivity index (χ1n) is 5.86. The van der Waals surface area contributed by atoms with Gasteiger partial charge in [-0.25, -0.2) is 4.39 Å². The molecule has 1 fully saturated rings. The van der Waals surface area contributed by atoms with Crippen LogP contribution in [0.2, 0.25) is 5.02 Å². The van der Waals surface area contributed by atoms with Gasteiger partial charge in [-0.15, -0.1) is 0 Å². The molecule has 0 radical (unpaired) electrons. The van der Waals surface area contributed by atoms with Crippen LogP contribution in [0, 0.1) is 5.82 Å². The number of rotatable bonds is 3. The van der Waals surface area contributed by atoms with E-state index in [1.54, 1.807) is 6.07 Å². The highest BCUT2D eigenvalue weighted by Gasteiger charge is 2.35. The monoisotopic (exact) mass is 271 g/mol. The molecule has 0 bridgehead atoms. The fourth-order valence-corrected chi connectivity index (χ4v) is 2.24. The number of benzene rings is 1. The molecule has 1 aromatic carbocycles. The molecule has 0 aromatic heterocycles. The average Bonchev–Trinajstić information content (AvgIpc) is 2.36. The minimum absolute atomic E-state index is 0.00140. The van der Waals surface area contributed by atoms with Gasteiger partial charge in [0.25, 0.3) is 0 Å². The van der Waals surface area contributed by atoms with Crippen LogP contribution in [0.25, 0.3) is 0 Å². The maximum absolute atomic E-state index is 13.3. The van der Waals surface area contributed by atoms with Gasteiger partial charge in [0.05, 0.1) is 10.6 Å². The van der Waals surface area contributed by atoms with Crippen LogP contribution in [0.5, 0.6) is 0 Å². The number of halogens is 2. The first-order chi connectivity index (χ1) is 8.53. The third-order valence-corrected chi connectivity index (χ3v) is 3.75. The summed E-state index contributed by atoms with van der Waals surface area (Å²) in [6.07, 6.45) is 1.06. The largest absolute Gasteiger partial charge is 0.381 e. The highest BCUT2D eigenvalue weighted by atomic mass is 35.5. The number of carbonyl (C=O) groups is 1. The summed E-state index contributed by atoms with van der Waals surface area (Å²) in [5, 5.41) is 0.00140. The topological polar surface area (TPSA) is 52.3 Å². The van der Waals surface area contributed by atoms with Gasteiger partial charge in [-0.1, -0.05) is 23.7 Å². The van der Waals surface area contributed by atoms with E-state index in [0.29, 0.717) is 31.6 Å². The van der Waals surface area contributed by atoms with Crippen molar-refractivity contribution >= 4 is 17.4 Å². The first-order valence-corrected chi connectivity index (χ1v) is 6.23. The standard InChI is InChI=1S/C13H15ClFNO2/c14-12-9(2-1-3-10(12)15)8-11(17)13(16)4-6-18-7-5-13/h1-3H,4-8,16H2. The summed E-state index contributed by atoms with van der Waals surface area (Å²) in [5.74, 6) is -0.627. The highest BCUT2D eigenvalue weighted by Crippen LogP contribution is 2.25. The summed E-state index contributed by atoms with van der Waals surface area (Å²) >= 11 is 5.83. The van der Waals surface area contributed by atoms with E-state index in [0.717, 1.165) is 0 Å². The molecule has 0 aliphatic carbocycles. The molecule has 1 aliphatic rings. The maximum atomic E-state index is 13.3. The number of nitrogens with two attached hydrogens (primary N) is 1. The Kier molecular flexibility index (Phi) is 4.00. The number of ketones is 1. The second-order valence-electron chi connectivity index (χ2n) is 4.58. The molecule has 98 valence electrons. The lowest BCUT2D eigenvalue weighted by Gasteiger charge is -2.31. The van der Waals surface area contributed by atoms with E-state index in [2.05, 4.69) is 0 Å². The van der Waals surface area contributed by atoms with Crippen molar-refractivity contribution in [2.75, 3.05) is 13.2 Å². The van der Waals surface area contributed by atoms with Crippen molar-refractivity contribution < 1.29 is 13.9 Å². The second-order valence-corrected chi connectivity index (χ2v) is 4.96. The van der Waals surface area contributed by atoms with Crippen LogP contribution in [0.4, 0.5) is 4.39 Å². The SMILES string of the molecule is NC1(C(=O)Cc2cccc(F)c2Cl)CCOCC1. The van der Waals surface area contributed by atoms with E-state index in [9.17, 15) is 9.18 Å². The Hall–Kier alpha value is -0.970. The van der Waals surface area contributed by atoms with Crippen LogP contribution in [-0.2, 0) is 16.0 Å². The van der Waals surface area contributed by atoms with Gasteiger partial charge in [0.15, 0.2) is 5.78 Å². The molecule has 0 saturated carbocycles. The van der Waals surface area contributed by atoms with Crippen LogP contribution in [-0.4, -0.2) is 24.5 Å². The molecule has 1 saturated heterocycles. The van der Waals surface area contributed by atoms with Gasteiger partial charge >= 0.3 is 0 Å². The van der Waals surface area contributed by atoms with Crippen molar-refractivity contribution in [2.24, 2.45) is 5.73 Å². The second kappa shape index (κ2) is 5.34. The van der Waals surface area contributed by atoms with Crippen molar-refractivity contribution in [1.82, 2.24) is 0 Å². The number of hydrogen-bond acceptors (Lipinski definition) is 3. The lowest BCUT2D eigenvalue weighted by Crippen LogP contribution is -2.52. The summed E-state index contributed by atoms with van der Waals surface area (Å²) in [5.41, 5.74) is 5.69. The first kappa shape index (κ1) is 13.5. The van der Waals surface area contributed by atoms with Crippen molar-refractivity contribution in [3.8, 4) is 0 Å². The van der Waals surface area contributed by atoms with Crippen molar-refractivity contribution in [2.45, 2.75) is 24.8 Å². The van der Waals surface area contributed by atoms with E-state index in [4.69, 9.17) is 22.1 Å². The van der Waals surface area contributed by atoms with Gasteiger partial charge in [-0.3, -0.25) is 4.79 Å². The predicted octanol–water partition coefficient (Wildman–Crippen LogP) is 2.10. The normalized spacial score (nSPS) is 18.6. The van der Waals surface area contributed by atoms with E-state index in [1.165, 1.54) is 12.1 Å². The van der Waals surface area contributed by atoms with E-state index < -0.39 is 11.4 Å². The minimum atomic E-state index is -0.867. The van der Waals surface area contributed by atoms with Gasteiger partial charge < -0.3 is 10.5 Å². The Bertz CT molecular complexity index is 458. The quantitative estimate of drug-likeness (QED) is 0.916. The molecule has 2 rings (SSSR count). The Morgan fingerprint density at radius 3 is 2.78 bits per heavy atom. The molecule has 2 N–H and O–H groups in total. The van der Waals surface area contributed by atoms with Crippen molar-refractivity contribution in [3.63, 3.8) is 0 Å². The summed E-state index contributed by atoms with van der Waals surface area (Å²) in [6, 6.07) is 4.45. The van der Waals surface area contributed by atoms with Gasteiger partial charge in [0, 0.05) is 19.6 Å². The molecule has 0 spiro atoms. The summed E-state index contributed by atoms with van der Waals surface area (Å²) in [6.45, 7) is 0.970. The lowest BCUT2D eigenvalue weighted by molar-refractivity contribution is -0.126. The average molecular weight is 272 g/mol. The molecular formula is C13H15ClFNO2. The predicted molar refractivity (Wildman–Crippen MR) is 67.1 cm³/mol. The maximum Gasteiger partial charge on any atom is 0.157 e. The summed E-state index contributed by atoms with van der Waals surface area (Å²) in [7, 11) is 0. The van der Waals surface area contributed by atoms with Crippen LogP contribution in [0.15, 0.2) is 18.2 Å². The molecule has 1 heterocycles. The molecule has 0 unspecified atom stereocenters. The highest BCUT2D eigenvalue weighted by molar-refractivity contribution is 6.31. The number of ether oxygens (including phenoxy) is 1. The molecule has 3 nitrogen and oxygen atoms in total. The molecule has 1 aliphatic heterocycles. The molecule has 18 heavy (non-hydrogen) atoms. The third-order valence-electron chi connectivity index (χ3n) is 3.32. The van der Waals surface area contributed by atoms with Crippen molar-refractivity contribution in [3.05, 3.63) is 34.6 Å². The van der Waals surface area contributed by atoms with Crippen molar-refractivity contribution in [1.29, 1.82) is 0 Å². The zero-order valence-electron chi connectivity index (χ0n) is 9.92. The molecule has 1 aromatic rings. The van der Waals surface area contributed by atoms with Crippen LogP contribution in [0.1, 0.15) is 18.4 Å². The van der Waals surface area contributed by atoms with E-state index in [1.807, 2.05) is 0 Å². The smallest absolute Gasteiger partial charge is 0.157 e. The Labute approximate surface area is 110 Å². The van der Waals surface area contributed by atoms with Crippen LogP contribution < -0.4 is 5.73 Å². The minimum Gasteiger partial charge on any atom is -0.381 e. The fourth-order valence-electron chi connectivity index (χ4n) is 2.05. The Morgan fingerprint density at radius 2 is 2.11 bits per heavy atom. The zero-order chi connectivity index (χ0) is 13.2. The molecule has 0 atom stereocenters.